The van der Waals surface area contributed by atoms with Crippen molar-refractivity contribution in [2.75, 3.05) is 13.1 Å². The number of hydrogen-bond donors (Lipinski definition) is 2. The number of aromatic nitrogens is 2. The van der Waals surface area contributed by atoms with E-state index >= 15 is 0 Å². The van der Waals surface area contributed by atoms with Crippen LogP contribution in [0.25, 0.3) is 0 Å². The lowest BCUT2D eigenvalue weighted by molar-refractivity contribution is -0.120. The van der Waals surface area contributed by atoms with E-state index in [1.54, 1.807) is 18.3 Å². The summed E-state index contributed by atoms with van der Waals surface area (Å²) < 4.78 is 5.01. The van der Waals surface area contributed by atoms with Crippen LogP contribution in [0.2, 0.25) is 0 Å². The van der Waals surface area contributed by atoms with Crippen LogP contribution in [0.3, 0.4) is 0 Å². The minimum absolute atomic E-state index is 0.0614. The molecule has 2 amide bonds. The van der Waals surface area contributed by atoms with Gasteiger partial charge >= 0.3 is 0 Å². The second kappa shape index (κ2) is 8.33. The number of nitrogens with zero attached hydrogens (tertiary/aromatic N) is 2. The summed E-state index contributed by atoms with van der Waals surface area (Å²) in [6.07, 6.45) is 1.62. The molecule has 2 N–H and O–H groups in total. The number of hydrogen-bond acceptors (Lipinski definition) is 6. The maximum atomic E-state index is 12.2. The molecule has 0 bridgehead atoms. The van der Waals surface area contributed by atoms with E-state index in [2.05, 4.69) is 20.8 Å². The molecule has 0 radical (unpaired) electrons. The number of rotatable bonds is 7. The summed E-state index contributed by atoms with van der Waals surface area (Å²) in [6, 6.07) is 5.20. The lowest BCUT2D eigenvalue weighted by Gasteiger charge is -2.08. The molecule has 0 atom stereocenters. The van der Waals surface area contributed by atoms with Crippen molar-refractivity contribution in [3.63, 3.8) is 0 Å². The fourth-order valence-electron chi connectivity index (χ4n) is 1.82. The molecule has 0 aromatic carbocycles. The Morgan fingerprint density at radius 1 is 1.35 bits per heavy atom. The van der Waals surface area contributed by atoms with Crippen molar-refractivity contribution in [3.8, 4) is 0 Å². The molecule has 0 aliphatic carbocycles. The molecule has 0 unspecified atom stereocenters. The van der Waals surface area contributed by atoms with E-state index in [-0.39, 0.29) is 18.4 Å². The van der Waals surface area contributed by atoms with Crippen molar-refractivity contribution in [2.45, 2.75) is 24.6 Å². The third kappa shape index (κ3) is 5.10. The number of likely N-dealkylation sites (N-methyl/N-ethyl adjacent to an activating group) is 1. The first-order chi connectivity index (χ1) is 11.1. The van der Waals surface area contributed by atoms with Crippen LogP contribution in [-0.4, -0.2) is 35.0 Å². The molecule has 0 spiro atoms. The van der Waals surface area contributed by atoms with Gasteiger partial charge in [-0.3, -0.25) is 9.59 Å². The molecule has 0 saturated heterocycles. The van der Waals surface area contributed by atoms with Gasteiger partial charge in [0.2, 0.25) is 5.91 Å². The minimum atomic E-state index is -0.330. The normalized spacial score (nSPS) is 10.3. The van der Waals surface area contributed by atoms with Crippen LogP contribution in [0, 0.1) is 6.92 Å². The fourth-order valence-corrected chi connectivity index (χ4v) is 2.69. The lowest BCUT2D eigenvalue weighted by Crippen LogP contribution is -2.36. The largest absolute Gasteiger partial charge is 0.361 e. The van der Waals surface area contributed by atoms with Crippen molar-refractivity contribution < 1.29 is 14.1 Å². The summed E-state index contributed by atoms with van der Waals surface area (Å²) in [6.45, 7) is 4.11. The minimum Gasteiger partial charge on any atom is -0.361 e. The molecule has 2 rings (SSSR count). The number of aryl methyl sites for hydroxylation is 1. The van der Waals surface area contributed by atoms with Gasteiger partial charge in [0, 0.05) is 24.6 Å². The van der Waals surface area contributed by atoms with Crippen LogP contribution < -0.4 is 10.6 Å². The van der Waals surface area contributed by atoms with Gasteiger partial charge < -0.3 is 15.2 Å². The third-order valence-corrected chi connectivity index (χ3v) is 3.87. The average Bonchev–Trinajstić information content (AvgIpc) is 2.97. The van der Waals surface area contributed by atoms with E-state index in [0.717, 1.165) is 11.5 Å². The summed E-state index contributed by atoms with van der Waals surface area (Å²) in [5.41, 5.74) is 1.22. The van der Waals surface area contributed by atoms with Gasteiger partial charge in [0.25, 0.3) is 5.91 Å². The molecule has 2 aromatic heterocycles. The molecule has 23 heavy (non-hydrogen) atoms. The maximum Gasteiger partial charge on any atom is 0.254 e. The smallest absolute Gasteiger partial charge is 0.254 e. The van der Waals surface area contributed by atoms with Crippen LogP contribution in [0.1, 0.15) is 28.7 Å². The number of amides is 2. The van der Waals surface area contributed by atoms with Gasteiger partial charge in [-0.15, -0.1) is 0 Å². The number of nitrogens with one attached hydrogen (secondary N) is 2. The van der Waals surface area contributed by atoms with Gasteiger partial charge in [-0.2, -0.15) is 0 Å². The predicted molar refractivity (Wildman–Crippen MR) is 86.1 cm³/mol. The monoisotopic (exact) mass is 334 g/mol. The van der Waals surface area contributed by atoms with Crippen molar-refractivity contribution in [1.29, 1.82) is 0 Å². The standard InChI is InChI=1S/C15H18N4O3S/c1-3-16-13(20)8-18-14(21)12-5-4-6-17-15(12)23-9-11-7-10(2)22-19-11/h4-7H,3,8-9H2,1-2H3,(H,16,20)(H,18,21). The fraction of sp³-hybridized carbons (Fsp3) is 0.333. The summed E-state index contributed by atoms with van der Waals surface area (Å²) in [5, 5.41) is 9.70. The molecule has 2 aromatic rings. The van der Waals surface area contributed by atoms with Crippen molar-refractivity contribution in [1.82, 2.24) is 20.8 Å². The highest BCUT2D eigenvalue weighted by Crippen LogP contribution is 2.23. The first-order valence-corrected chi connectivity index (χ1v) is 8.13. The zero-order valence-corrected chi connectivity index (χ0v) is 13.8. The van der Waals surface area contributed by atoms with Crippen molar-refractivity contribution >= 4 is 23.6 Å². The van der Waals surface area contributed by atoms with Crippen LogP contribution in [-0.2, 0) is 10.5 Å². The van der Waals surface area contributed by atoms with Crippen molar-refractivity contribution in [3.05, 3.63) is 41.4 Å². The van der Waals surface area contributed by atoms with Crippen LogP contribution in [0.15, 0.2) is 33.9 Å². The van der Waals surface area contributed by atoms with Gasteiger partial charge in [-0.1, -0.05) is 16.9 Å². The molecule has 2 heterocycles. The van der Waals surface area contributed by atoms with Crippen LogP contribution in [0.5, 0.6) is 0 Å². The van der Waals surface area contributed by atoms with Crippen molar-refractivity contribution in [2.24, 2.45) is 0 Å². The highest BCUT2D eigenvalue weighted by molar-refractivity contribution is 7.98. The molecule has 8 heteroatoms. The maximum absolute atomic E-state index is 12.2. The first kappa shape index (κ1) is 17.0. The van der Waals surface area contributed by atoms with Gasteiger partial charge in [0.15, 0.2) is 0 Å². The van der Waals surface area contributed by atoms with Gasteiger partial charge in [-0.25, -0.2) is 4.98 Å². The van der Waals surface area contributed by atoms with E-state index in [9.17, 15) is 9.59 Å². The molecular formula is C15H18N4O3S. The summed E-state index contributed by atoms with van der Waals surface area (Å²) in [5.74, 6) is 0.729. The van der Waals surface area contributed by atoms with Gasteiger partial charge in [-0.05, 0) is 26.0 Å². The Kier molecular flexibility index (Phi) is 6.16. The lowest BCUT2D eigenvalue weighted by atomic mass is 10.2. The molecule has 0 fully saturated rings. The molecule has 0 aliphatic rings. The second-order valence-electron chi connectivity index (χ2n) is 4.71. The quantitative estimate of drug-likeness (QED) is 0.746. The van der Waals surface area contributed by atoms with E-state index in [1.807, 2.05) is 19.9 Å². The number of pyridine rings is 1. The van der Waals surface area contributed by atoms with Crippen LogP contribution in [0.4, 0.5) is 0 Å². The number of carbonyl (C=O) groups is 2. The zero-order valence-electron chi connectivity index (χ0n) is 13.0. The first-order valence-electron chi connectivity index (χ1n) is 7.15. The third-order valence-electron chi connectivity index (χ3n) is 2.83. The molecular weight excluding hydrogens is 316 g/mol. The molecule has 122 valence electrons. The predicted octanol–water partition coefficient (Wildman–Crippen LogP) is 1.54. The molecule has 0 saturated carbocycles. The summed E-state index contributed by atoms with van der Waals surface area (Å²) in [4.78, 5) is 27.9. The Labute approximate surface area is 138 Å². The Hall–Kier alpha value is -2.35. The zero-order chi connectivity index (χ0) is 16.7. The highest BCUT2D eigenvalue weighted by atomic mass is 32.2. The Bertz CT molecular complexity index is 687. The molecule has 7 nitrogen and oxygen atoms in total. The average molecular weight is 334 g/mol. The highest BCUT2D eigenvalue weighted by Gasteiger charge is 2.14. The molecule has 0 aliphatic heterocycles. The van der Waals surface area contributed by atoms with E-state index in [1.165, 1.54) is 11.8 Å². The van der Waals surface area contributed by atoms with Gasteiger partial charge in [0.1, 0.15) is 10.8 Å². The van der Waals surface area contributed by atoms with E-state index in [4.69, 9.17) is 4.52 Å². The Morgan fingerprint density at radius 3 is 2.87 bits per heavy atom. The summed E-state index contributed by atoms with van der Waals surface area (Å²) in [7, 11) is 0. The Balaban J connectivity index is 1.98. The number of thioether (sulfide) groups is 1. The van der Waals surface area contributed by atoms with Crippen LogP contribution >= 0.6 is 11.8 Å². The Morgan fingerprint density at radius 2 is 2.17 bits per heavy atom. The number of carbonyl (C=O) groups excluding carboxylic acids is 2. The van der Waals surface area contributed by atoms with Gasteiger partial charge in [0.05, 0.1) is 17.8 Å². The second-order valence-corrected chi connectivity index (χ2v) is 5.67. The van der Waals surface area contributed by atoms with E-state index in [0.29, 0.717) is 22.9 Å². The SMILES string of the molecule is CCNC(=O)CNC(=O)c1cccnc1SCc1cc(C)on1. The van der Waals surface area contributed by atoms with E-state index < -0.39 is 0 Å². The summed E-state index contributed by atoms with van der Waals surface area (Å²) >= 11 is 1.39. The topological polar surface area (TPSA) is 97.1 Å².